The minimum Gasteiger partial charge on any atom is -0.497 e. The maximum Gasteiger partial charge on any atom is 0.335 e. The monoisotopic (exact) mass is 468 g/mol. The molecular formula is C23H21F2N7O2. The SMILES string of the molecule is [2H]C([2H])([2H])Oc1ccc(N2C(=O)N(c3ccc4nn(C)cc4c3)Cc3cnc(NCC(F)F)nc32)cc1. The number of nitrogens with zero attached hydrogens (tertiary/aromatic N) is 6. The highest BCUT2D eigenvalue weighted by Gasteiger charge is 2.34. The molecule has 0 saturated carbocycles. The predicted molar refractivity (Wildman–Crippen MR) is 124 cm³/mol. The van der Waals surface area contributed by atoms with Gasteiger partial charge in [-0.2, -0.15) is 10.1 Å². The average molecular weight is 468 g/mol. The molecule has 0 saturated heterocycles. The maximum atomic E-state index is 13.8. The molecule has 1 aliphatic heterocycles. The van der Waals surface area contributed by atoms with E-state index in [1.807, 2.05) is 18.3 Å². The number of carbonyl (C=O) groups excluding carboxylic acids is 1. The van der Waals surface area contributed by atoms with Gasteiger partial charge in [0.25, 0.3) is 6.43 Å². The van der Waals surface area contributed by atoms with Crippen molar-refractivity contribution >= 4 is 40.1 Å². The van der Waals surface area contributed by atoms with E-state index in [9.17, 15) is 13.6 Å². The van der Waals surface area contributed by atoms with Gasteiger partial charge in [0.1, 0.15) is 5.75 Å². The van der Waals surface area contributed by atoms with Crippen molar-refractivity contribution in [3.63, 3.8) is 0 Å². The number of ether oxygens (including phenoxy) is 1. The molecule has 2 aromatic carbocycles. The standard InChI is InChI=1S/C23H21F2N7O2/c1-30-12-14-9-17(5-8-19(14)29-30)31-13-15-10-26-22(27-11-20(24)25)28-21(15)32(23(31)33)16-3-6-18(34-2)7-4-16/h3-10,12,20H,11,13H2,1-2H3,(H,26,27,28)/i2D3. The molecule has 0 fully saturated rings. The van der Waals surface area contributed by atoms with E-state index in [4.69, 9.17) is 8.85 Å². The van der Waals surface area contributed by atoms with E-state index >= 15 is 0 Å². The second-order valence-electron chi connectivity index (χ2n) is 7.66. The maximum absolute atomic E-state index is 13.8. The Labute approximate surface area is 197 Å². The normalized spacial score (nSPS) is 15.2. The molecule has 11 heteroatoms. The molecule has 0 aliphatic carbocycles. The fraction of sp³-hybridized carbons (Fsp3) is 0.217. The van der Waals surface area contributed by atoms with Crippen LogP contribution in [0.15, 0.2) is 54.9 Å². The first-order valence-corrected chi connectivity index (χ1v) is 10.3. The van der Waals surface area contributed by atoms with Crippen LogP contribution in [0.2, 0.25) is 0 Å². The lowest BCUT2D eigenvalue weighted by molar-refractivity contribution is 0.163. The van der Waals surface area contributed by atoms with Gasteiger partial charge >= 0.3 is 6.03 Å². The first-order valence-electron chi connectivity index (χ1n) is 11.8. The summed E-state index contributed by atoms with van der Waals surface area (Å²) in [5.74, 6) is 0.263. The number of aromatic nitrogens is 4. The number of hydrogen-bond acceptors (Lipinski definition) is 6. The lowest BCUT2D eigenvalue weighted by Crippen LogP contribution is -2.45. The first-order chi connectivity index (χ1) is 17.6. The Kier molecular flexibility index (Phi) is 4.59. The molecule has 5 rings (SSSR count). The van der Waals surface area contributed by atoms with E-state index in [2.05, 4.69) is 20.4 Å². The third-order valence-corrected chi connectivity index (χ3v) is 5.35. The molecule has 2 aromatic heterocycles. The van der Waals surface area contributed by atoms with Crippen LogP contribution in [0.4, 0.5) is 36.7 Å². The number of nitrogens with one attached hydrogen (secondary N) is 1. The van der Waals surface area contributed by atoms with E-state index in [-0.39, 0.29) is 24.1 Å². The van der Waals surface area contributed by atoms with Crippen molar-refractivity contribution in [2.45, 2.75) is 13.0 Å². The molecule has 34 heavy (non-hydrogen) atoms. The molecule has 1 aliphatic rings. The van der Waals surface area contributed by atoms with Crippen LogP contribution < -0.4 is 19.9 Å². The van der Waals surface area contributed by atoms with E-state index in [0.29, 0.717) is 16.9 Å². The Balaban J connectivity index is 1.56. The Bertz CT molecular complexity index is 1460. The number of methoxy groups -OCH3 is 1. The molecule has 2 amide bonds. The molecule has 0 unspecified atom stereocenters. The van der Waals surface area contributed by atoms with E-state index in [1.165, 1.54) is 40.3 Å². The highest BCUT2D eigenvalue weighted by molar-refractivity contribution is 6.10. The van der Waals surface area contributed by atoms with E-state index in [0.717, 1.165) is 10.9 Å². The zero-order valence-electron chi connectivity index (χ0n) is 20.9. The van der Waals surface area contributed by atoms with Gasteiger partial charge < -0.3 is 10.1 Å². The second kappa shape index (κ2) is 8.58. The summed E-state index contributed by atoms with van der Waals surface area (Å²) in [5, 5.41) is 7.67. The Hall–Kier alpha value is -4.28. The minimum atomic E-state index is -2.63. The van der Waals surface area contributed by atoms with Crippen molar-refractivity contribution in [3.05, 3.63) is 60.4 Å². The van der Waals surface area contributed by atoms with E-state index < -0.39 is 26.0 Å². The van der Waals surface area contributed by atoms with Gasteiger partial charge in [0.2, 0.25) is 5.95 Å². The number of anilines is 4. The number of rotatable bonds is 6. The zero-order valence-corrected chi connectivity index (χ0v) is 17.9. The van der Waals surface area contributed by atoms with Gasteiger partial charge in [0, 0.05) is 36.1 Å². The summed E-state index contributed by atoms with van der Waals surface area (Å²) in [6.07, 6.45) is 0.713. The third-order valence-electron chi connectivity index (χ3n) is 5.35. The van der Waals surface area contributed by atoms with Crippen LogP contribution in [0.1, 0.15) is 9.68 Å². The van der Waals surface area contributed by atoms with Crippen molar-refractivity contribution in [3.8, 4) is 5.75 Å². The molecule has 0 atom stereocenters. The second-order valence-corrected chi connectivity index (χ2v) is 7.66. The van der Waals surface area contributed by atoms with Crippen molar-refractivity contribution in [2.24, 2.45) is 7.05 Å². The van der Waals surface area contributed by atoms with Crippen molar-refractivity contribution in [1.29, 1.82) is 0 Å². The summed E-state index contributed by atoms with van der Waals surface area (Å²) in [4.78, 5) is 25.2. The Morgan fingerprint density at radius 2 is 2.00 bits per heavy atom. The number of carbonyl (C=O) groups is 1. The fourth-order valence-corrected chi connectivity index (χ4v) is 3.81. The number of urea groups is 1. The van der Waals surface area contributed by atoms with Gasteiger partial charge in [-0.25, -0.2) is 23.5 Å². The number of amides is 2. The molecule has 0 spiro atoms. The van der Waals surface area contributed by atoms with Crippen LogP contribution in [0.5, 0.6) is 5.75 Å². The molecular weight excluding hydrogens is 444 g/mol. The van der Waals surface area contributed by atoms with Gasteiger partial charge in [-0.3, -0.25) is 9.58 Å². The van der Waals surface area contributed by atoms with Crippen LogP contribution in [-0.2, 0) is 13.6 Å². The van der Waals surface area contributed by atoms with Crippen LogP contribution in [0, 0.1) is 0 Å². The average Bonchev–Trinajstić information content (AvgIpc) is 3.21. The number of hydrogen-bond donors (Lipinski definition) is 1. The van der Waals surface area contributed by atoms with Crippen LogP contribution in [0.25, 0.3) is 10.9 Å². The molecule has 3 heterocycles. The van der Waals surface area contributed by atoms with Gasteiger partial charge in [-0.05, 0) is 42.5 Å². The molecule has 4 aromatic rings. The highest BCUT2D eigenvalue weighted by atomic mass is 19.3. The number of halogens is 2. The lowest BCUT2D eigenvalue weighted by atomic mass is 10.1. The van der Waals surface area contributed by atoms with Gasteiger partial charge in [0.05, 0.1) is 35.4 Å². The fourth-order valence-electron chi connectivity index (χ4n) is 3.81. The summed E-state index contributed by atoms with van der Waals surface area (Å²) in [5.41, 5.74) is 2.34. The first kappa shape index (κ1) is 18.2. The topological polar surface area (TPSA) is 88.4 Å². The molecule has 174 valence electrons. The quantitative estimate of drug-likeness (QED) is 0.453. The molecule has 1 N–H and O–H groups in total. The largest absolute Gasteiger partial charge is 0.497 e. The van der Waals surface area contributed by atoms with Crippen LogP contribution >= 0.6 is 0 Å². The van der Waals surface area contributed by atoms with Gasteiger partial charge in [-0.1, -0.05) is 0 Å². The molecule has 9 nitrogen and oxygen atoms in total. The smallest absolute Gasteiger partial charge is 0.335 e. The zero-order chi connectivity index (χ0) is 26.3. The molecule has 0 radical (unpaired) electrons. The summed E-state index contributed by atoms with van der Waals surface area (Å²) < 4.78 is 53.9. The summed E-state index contributed by atoms with van der Waals surface area (Å²) in [6, 6.07) is 10.9. The number of benzene rings is 2. The van der Waals surface area contributed by atoms with Gasteiger partial charge in [-0.15, -0.1) is 0 Å². The third kappa shape index (κ3) is 3.96. The molecule has 0 bridgehead atoms. The lowest BCUT2D eigenvalue weighted by Gasteiger charge is -2.36. The summed E-state index contributed by atoms with van der Waals surface area (Å²) >= 11 is 0. The summed E-state index contributed by atoms with van der Waals surface area (Å²) in [6.45, 7) is -0.503. The predicted octanol–water partition coefficient (Wildman–Crippen LogP) is 4.33. The minimum absolute atomic E-state index is 0.0514. The number of aryl methyl sites for hydroxylation is 1. The Morgan fingerprint density at radius 1 is 1.21 bits per heavy atom. The van der Waals surface area contributed by atoms with Gasteiger partial charge in [0.15, 0.2) is 5.82 Å². The van der Waals surface area contributed by atoms with E-state index in [1.54, 1.807) is 17.8 Å². The van der Waals surface area contributed by atoms with Crippen molar-refractivity contribution in [1.82, 2.24) is 19.7 Å². The van der Waals surface area contributed by atoms with Crippen LogP contribution in [0.3, 0.4) is 0 Å². The van der Waals surface area contributed by atoms with Crippen molar-refractivity contribution < 1.29 is 22.4 Å². The van der Waals surface area contributed by atoms with Crippen LogP contribution in [-0.4, -0.2) is 45.8 Å². The Morgan fingerprint density at radius 3 is 2.76 bits per heavy atom. The number of alkyl halides is 2. The highest BCUT2D eigenvalue weighted by Crippen LogP contribution is 2.37. The van der Waals surface area contributed by atoms with Crippen molar-refractivity contribution in [2.75, 3.05) is 28.7 Å². The summed E-state index contributed by atoms with van der Waals surface area (Å²) in [7, 11) is -0.824. The number of fused-ring (bicyclic) bond motifs is 2.